The van der Waals surface area contributed by atoms with Gasteiger partial charge in [-0.25, -0.2) is 0 Å². The van der Waals surface area contributed by atoms with Gasteiger partial charge in [0.1, 0.15) is 0 Å². The SMILES string of the molecule is Cn1cc(CC2CCCCCC2CN)nn1. The molecule has 4 heteroatoms. The lowest BCUT2D eigenvalue weighted by Crippen LogP contribution is -2.24. The van der Waals surface area contributed by atoms with Crippen LogP contribution in [0.2, 0.25) is 0 Å². The molecule has 0 amide bonds. The second kappa shape index (κ2) is 5.43. The molecule has 2 N–H and O–H groups in total. The topological polar surface area (TPSA) is 56.7 Å². The van der Waals surface area contributed by atoms with Crippen molar-refractivity contribution < 1.29 is 0 Å². The van der Waals surface area contributed by atoms with Crippen LogP contribution in [0.3, 0.4) is 0 Å². The van der Waals surface area contributed by atoms with Crippen molar-refractivity contribution >= 4 is 0 Å². The summed E-state index contributed by atoms with van der Waals surface area (Å²) in [5, 5.41) is 8.17. The summed E-state index contributed by atoms with van der Waals surface area (Å²) in [5.74, 6) is 1.40. The number of hydrogen-bond donors (Lipinski definition) is 1. The lowest BCUT2D eigenvalue weighted by atomic mass is 9.85. The number of rotatable bonds is 3. The number of nitrogens with zero attached hydrogens (tertiary/aromatic N) is 3. The molecule has 0 saturated heterocycles. The average Bonchev–Trinajstić information content (AvgIpc) is 2.56. The third kappa shape index (κ3) is 2.82. The van der Waals surface area contributed by atoms with Gasteiger partial charge in [-0.1, -0.05) is 24.5 Å². The molecule has 0 spiro atoms. The molecule has 0 aromatic carbocycles. The minimum atomic E-state index is 0.685. The zero-order valence-corrected chi connectivity index (χ0v) is 10.1. The molecule has 1 saturated carbocycles. The first-order valence-corrected chi connectivity index (χ1v) is 6.35. The molecule has 2 unspecified atom stereocenters. The predicted molar refractivity (Wildman–Crippen MR) is 63.8 cm³/mol. The van der Waals surface area contributed by atoms with Gasteiger partial charge in [-0.15, -0.1) is 5.10 Å². The fourth-order valence-electron chi connectivity index (χ4n) is 2.80. The zero-order valence-electron chi connectivity index (χ0n) is 10.1. The Labute approximate surface area is 97.2 Å². The third-order valence-corrected chi connectivity index (χ3v) is 3.74. The van der Waals surface area contributed by atoms with Crippen LogP contribution < -0.4 is 5.73 Å². The number of aromatic nitrogens is 3. The summed E-state index contributed by atoms with van der Waals surface area (Å²) in [6.45, 7) is 0.824. The van der Waals surface area contributed by atoms with Gasteiger partial charge in [-0.3, -0.25) is 4.68 Å². The van der Waals surface area contributed by atoms with Gasteiger partial charge in [0.05, 0.1) is 5.69 Å². The molecule has 2 atom stereocenters. The van der Waals surface area contributed by atoms with E-state index in [4.69, 9.17) is 5.73 Å². The molecule has 0 bridgehead atoms. The summed E-state index contributed by atoms with van der Waals surface area (Å²) in [6.07, 6.45) is 9.74. The number of hydrogen-bond acceptors (Lipinski definition) is 3. The van der Waals surface area contributed by atoms with Crippen LogP contribution in [0, 0.1) is 11.8 Å². The summed E-state index contributed by atoms with van der Waals surface area (Å²) in [4.78, 5) is 0. The van der Waals surface area contributed by atoms with E-state index in [0.29, 0.717) is 11.8 Å². The van der Waals surface area contributed by atoms with E-state index < -0.39 is 0 Å². The summed E-state index contributed by atoms with van der Waals surface area (Å²) < 4.78 is 1.78. The van der Waals surface area contributed by atoms with Crippen LogP contribution in [0.4, 0.5) is 0 Å². The third-order valence-electron chi connectivity index (χ3n) is 3.74. The predicted octanol–water partition coefficient (Wildman–Crippen LogP) is 1.51. The summed E-state index contributed by atoms with van der Waals surface area (Å²) in [6, 6.07) is 0. The quantitative estimate of drug-likeness (QED) is 0.789. The molecule has 1 aliphatic rings. The molecule has 1 aliphatic carbocycles. The Balaban J connectivity index is 1.99. The molecule has 1 aromatic heterocycles. The summed E-state index contributed by atoms with van der Waals surface area (Å²) >= 11 is 0. The molecular formula is C12H22N4. The van der Waals surface area contributed by atoms with E-state index >= 15 is 0 Å². The normalized spacial score (nSPS) is 26.6. The molecular weight excluding hydrogens is 200 g/mol. The molecule has 0 aliphatic heterocycles. The number of aryl methyl sites for hydroxylation is 1. The maximum absolute atomic E-state index is 5.88. The van der Waals surface area contributed by atoms with Gasteiger partial charge >= 0.3 is 0 Å². The monoisotopic (exact) mass is 222 g/mol. The molecule has 2 rings (SSSR count). The van der Waals surface area contributed by atoms with Crippen LogP contribution in [0.25, 0.3) is 0 Å². The second-order valence-electron chi connectivity index (χ2n) is 4.98. The minimum Gasteiger partial charge on any atom is -0.330 e. The largest absolute Gasteiger partial charge is 0.330 e. The molecule has 1 aromatic rings. The Morgan fingerprint density at radius 1 is 1.31 bits per heavy atom. The average molecular weight is 222 g/mol. The van der Waals surface area contributed by atoms with E-state index in [-0.39, 0.29) is 0 Å². The van der Waals surface area contributed by atoms with Crippen molar-refractivity contribution in [3.8, 4) is 0 Å². The van der Waals surface area contributed by atoms with Gasteiger partial charge in [0.15, 0.2) is 0 Å². The smallest absolute Gasteiger partial charge is 0.0829 e. The molecule has 1 fully saturated rings. The lowest BCUT2D eigenvalue weighted by Gasteiger charge is -2.22. The van der Waals surface area contributed by atoms with Gasteiger partial charge in [0, 0.05) is 13.2 Å². The van der Waals surface area contributed by atoms with Gasteiger partial charge in [0.2, 0.25) is 0 Å². The lowest BCUT2D eigenvalue weighted by molar-refractivity contribution is 0.316. The van der Waals surface area contributed by atoms with Gasteiger partial charge in [-0.05, 0) is 37.6 Å². The Morgan fingerprint density at radius 2 is 2.06 bits per heavy atom. The van der Waals surface area contributed by atoms with Crippen LogP contribution in [-0.4, -0.2) is 21.5 Å². The van der Waals surface area contributed by atoms with Crippen molar-refractivity contribution in [1.82, 2.24) is 15.0 Å². The first-order valence-electron chi connectivity index (χ1n) is 6.35. The van der Waals surface area contributed by atoms with Crippen molar-refractivity contribution in [1.29, 1.82) is 0 Å². The first kappa shape index (κ1) is 11.6. The zero-order chi connectivity index (χ0) is 11.4. The molecule has 90 valence electrons. The maximum atomic E-state index is 5.88. The van der Waals surface area contributed by atoms with Crippen molar-refractivity contribution in [2.24, 2.45) is 24.6 Å². The Morgan fingerprint density at radius 3 is 2.69 bits per heavy atom. The minimum absolute atomic E-state index is 0.685. The van der Waals surface area contributed by atoms with Crippen LogP contribution in [-0.2, 0) is 13.5 Å². The molecule has 16 heavy (non-hydrogen) atoms. The van der Waals surface area contributed by atoms with Crippen LogP contribution in [0.1, 0.15) is 37.8 Å². The molecule has 1 heterocycles. The Hall–Kier alpha value is -0.900. The van der Waals surface area contributed by atoms with E-state index in [0.717, 1.165) is 18.7 Å². The Kier molecular flexibility index (Phi) is 3.93. The van der Waals surface area contributed by atoms with Crippen LogP contribution in [0.15, 0.2) is 6.20 Å². The van der Waals surface area contributed by atoms with Gasteiger partial charge < -0.3 is 5.73 Å². The first-order chi connectivity index (χ1) is 7.79. The standard InChI is InChI=1S/C12H22N4/c1-16-9-12(14-15-16)7-10-5-3-2-4-6-11(10)8-13/h9-11H,2-8,13H2,1H3. The van der Waals surface area contributed by atoms with E-state index in [1.165, 1.54) is 32.1 Å². The fraction of sp³-hybridized carbons (Fsp3) is 0.833. The Bertz CT molecular complexity index is 321. The fourth-order valence-corrected chi connectivity index (χ4v) is 2.80. The van der Waals surface area contributed by atoms with Crippen molar-refractivity contribution in [2.75, 3.05) is 6.54 Å². The van der Waals surface area contributed by atoms with E-state index in [9.17, 15) is 0 Å². The highest BCUT2D eigenvalue weighted by molar-refractivity contribution is 4.95. The van der Waals surface area contributed by atoms with E-state index in [1.54, 1.807) is 4.68 Å². The summed E-state index contributed by atoms with van der Waals surface area (Å²) in [7, 11) is 1.92. The molecule has 4 nitrogen and oxygen atoms in total. The highest BCUT2D eigenvalue weighted by Crippen LogP contribution is 2.30. The maximum Gasteiger partial charge on any atom is 0.0829 e. The highest BCUT2D eigenvalue weighted by Gasteiger charge is 2.23. The second-order valence-corrected chi connectivity index (χ2v) is 4.98. The molecule has 0 radical (unpaired) electrons. The van der Waals surface area contributed by atoms with Crippen molar-refractivity contribution in [3.05, 3.63) is 11.9 Å². The van der Waals surface area contributed by atoms with Crippen LogP contribution >= 0.6 is 0 Å². The van der Waals surface area contributed by atoms with Crippen LogP contribution in [0.5, 0.6) is 0 Å². The van der Waals surface area contributed by atoms with E-state index in [1.807, 2.05) is 13.2 Å². The highest BCUT2D eigenvalue weighted by atomic mass is 15.4. The van der Waals surface area contributed by atoms with Crippen molar-refractivity contribution in [2.45, 2.75) is 38.5 Å². The van der Waals surface area contributed by atoms with Gasteiger partial charge in [0.25, 0.3) is 0 Å². The number of nitrogens with two attached hydrogens (primary N) is 1. The van der Waals surface area contributed by atoms with Crippen molar-refractivity contribution in [3.63, 3.8) is 0 Å². The summed E-state index contributed by atoms with van der Waals surface area (Å²) in [5.41, 5.74) is 7.00. The van der Waals surface area contributed by atoms with E-state index in [2.05, 4.69) is 10.3 Å². The van der Waals surface area contributed by atoms with Gasteiger partial charge in [-0.2, -0.15) is 0 Å².